The molecule has 5 nitrogen and oxygen atoms in total. The predicted molar refractivity (Wildman–Crippen MR) is 86.3 cm³/mol. The third-order valence-electron chi connectivity index (χ3n) is 3.30. The van der Waals surface area contributed by atoms with E-state index in [1.54, 1.807) is 31.7 Å². The monoisotopic (exact) mass is 324 g/mol. The van der Waals surface area contributed by atoms with Crippen LogP contribution in [-0.2, 0) is 9.53 Å². The number of ether oxygens (including phenoxy) is 1. The number of benzene rings is 1. The van der Waals surface area contributed by atoms with Crippen LogP contribution in [0.3, 0.4) is 0 Å². The van der Waals surface area contributed by atoms with E-state index in [9.17, 15) is 9.59 Å². The number of halogens is 1. The lowest BCUT2D eigenvalue weighted by Crippen LogP contribution is -2.40. The van der Waals surface area contributed by atoms with E-state index in [1.165, 1.54) is 0 Å². The van der Waals surface area contributed by atoms with Crippen molar-refractivity contribution in [2.75, 3.05) is 11.4 Å². The summed E-state index contributed by atoms with van der Waals surface area (Å²) in [5, 5.41) is 3.41. The Kier molecular flexibility index (Phi) is 4.66. The van der Waals surface area contributed by atoms with Gasteiger partial charge in [0.05, 0.1) is 6.04 Å². The zero-order valence-electron chi connectivity index (χ0n) is 13.3. The van der Waals surface area contributed by atoms with Crippen molar-refractivity contribution < 1.29 is 14.3 Å². The molecule has 0 saturated carbocycles. The first-order chi connectivity index (χ1) is 10.2. The quantitative estimate of drug-likeness (QED) is 0.908. The van der Waals surface area contributed by atoms with E-state index in [0.717, 1.165) is 11.3 Å². The average molecular weight is 325 g/mol. The summed E-state index contributed by atoms with van der Waals surface area (Å²) in [4.78, 5) is 25.6. The summed E-state index contributed by atoms with van der Waals surface area (Å²) in [6.45, 7) is 7.72. The highest BCUT2D eigenvalue weighted by atomic mass is 35.5. The summed E-state index contributed by atoms with van der Waals surface area (Å²) in [6, 6.07) is 5.20. The van der Waals surface area contributed by atoms with Crippen molar-refractivity contribution >= 4 is 29.3 Å². The van der Waals surface area contributed by atoms with Gasteiger partial charge in [-0.25, -0.2) is 4.79 Å². The van der Waals surface area contributed by atoms with Gasteiger partial charge in [-0.1, -0.05) is 11.6 Å². The van der Waals surface area contributed by atoms with Gasteiger partial charge in [-0.3, -0.25) is 4.79 Å². The van der Waals surface area contributed by atoms with Crippen LogP contribution in [-0.4, -0.2) is 30.2 Å². The van der Waals surface area contributed by atoms with Crippen molar-refractivity contribution in [2.24, 2.45) is 0 Å². The van der Waals surface area contributed by atoms with Gasteiger partial charge in [0.25, 0.3) is 0 Å². The fourth-order valence-electron chi connectivity index (χ4n) is 2.32. The Labute approximate surface area is 135 Å². The fraction of sp³-hybridized carbons (Fsp3) is 0.500. The minimum absolute atomic E-state index is 0.0252. The van der Waals surface area contributed by atoms with Crippen LogP contribution < -0.4 is 10.2 Å². The molecule has 120 valence electrons. The minimum Gasteiger partial charge on any atom is -0.444 e. The van der Waals surface area contributed by atoms with E-state index >= 15 is 0 Å². The van der Waals surface area contributed by atoms with Crippen LogP contribution in [0.4, 0.5) is 10.5 Å². The Bertz CT molecular complexity index is 596. The van der Waals surface area contributed by atoms with Crippen LogP contribution in [0.1, 0.15) is 32.8 Å². The van der Waals surface area contributed by atoms with E-state index in [4.69, 9.17) is 16.3 Å². The Morgan fingerprint density at radius 2 is 2.09 bits per heavy atom. The van der Waals surface area contributed by atoms with Crippen molar-refractivity contribution in [1.29, 1.82) is 0 Å². The number of amides is 2. The van der Waals surface area contributed by atoms with Gasteiger partial charge in [0, 0.05) is 23.7 Å². The molecule has 0 radical (unpaired) electrons. The zero-order valence-corrected chi connectivity index (χ0v) is 14.0. The second kappa shape index (κ2) is 6.16. The van der Waals surface area contributed by atoms with E-state index in [2.05, 4.69) is 5.32 Å². The largest absolute Gasteiger partial charge is 0.444 e. The molecule has 0 aromatic heterocycles. The maximum absolute atomic E-state index is 12.1. The maximum Gasteiger partial charge on any atom is 0.407 e. The number of carbonyl (C=O) groups excluding carboxylic acids is 2. The molecular weight excluding hydrogens is 304 g/mol. The highest BCUT2D eigenvalue weighted by Gasteiger charge is 2.32. The molecular formula is C16H21ClN2O3. The van der Waals surface area contributed by atoms with Crippen LogP contribution in [0, 0.1) is 6.92 Å². The Morgan fingerprint density at radius 1 is 1.41 bits per heavy atom. The first kappa shape index (κ1) is 16.6. The number of hydrogen-bond acceptors (Lipinski definition) is 3. The van der Waals surface area contributed by atoms with Gasteiger partial charge in [0.1, 0.15) is 5.60 Å². The summed E-state index contributed by atoms with van der Waals surface area (Å²) < 4.78 is 5.21. The van der Waals surface area contributed by atoms with Crippen molar-refractivity contribution in [1.82, 2.24) is 5.32 Å². The lowest BCUT2D eigenvalue weighted by molar-refractivity contribution is -0.117. The second-order valence-electron chi connectivity index (χ2n) is 6.49. The lowest BCUT2D eigenvalue weighted by Gasteiger charge is -2.22. The van der Waals surface area contributed by atoms with E-state index in [1.807, 2.05) is 19.1 Å². The molecule has 0 aliphatic carbocycles. The molecule has 1 aliphatic rings. The molecule has 1 atom stereocenters. The van der Waals surface area contributed by atoms with Gasteiger partial charge >= 0.3 is 6.09 Å². The average Bonchev–Trinajstić information content (AvgIpc) is 2.71. The molecule has 1 aromatic rings. The number of nitrogens with one attached hydrogen (secondary N) is 1. The fourth-order valence-corrected chi connectivity index (χ4v) is 2.44. The van der Waals surface area contributed by atoms with Gasteiger partial charge < -0.3 is 15.0 Å². The molecule has 1 aromatic carbocycles. The highest BCUT2D eigenvalue weighted by molar-refractivity contribution is 6.31. The first-order valence-electron chi connectivity index (χ1n) is 7.22. The third-order valence-corrected chi connectivity index (χ3v) is 3.72. The smallest absolute Gasteiger partial charge is 0.407 e. The molecule has 6 heteroatoms. The minimum atomic E-state index is -0.556. The van der Waals surface area contributed by atoms with Gasteiger partial charge in [-0.15, -0.1) is 0 Å². The number of nitrogens with zero attached hydrogens (tertiary/aromatic N) is 1. The molecule has 2 amide bonds. The van der Waals surface area contributed by atoms with Gasteiger partial charge in [-0.2, -0.15) is 0 Å². The normalized spacial score (nSPS) is 18.5. The van der Waals surface area contributed by atoms with Crippen molar-refractivity contribution in [2.45, 2.75) is 45.8 Å². The van der Waals surface area contributed by atoms with E-state index < -0.39 is 11.7 Å². The summed E-state index contributed by atoms with van der Waals surface area (Å²) in [5.41, 5.74) is 1.15. The van der Waals surface area contributed by atoms with Gasteiger partial charge in [0.15, 0.2) is 0 Å². The molecule has 1 saturated heterocycles. The van der Waals surface area contributed by atoms with Crippen molar-refractivity contribution in [3.8, 4) is 0 Å². The molecule has 1 aliphatic heterocycles. The molecule has 0 bridgehead atoms. The first-order valence-corrected chi connectivity index (χ1v) is 7.59. The number of anilines is 1. The molecule has 0 spiro atoms. The lowest BCUT2D eigenvalue weighted by atomic mass is 10.2. The SMILES string of the molecule is Cc1cc(N2CC(NC(=O)OC(C)(C)C)CC2=O)ccc1Cl. The molecule has 1 fully saturated rings. The zero-order chi connectivity index (χ0) is 16.5. The van der Waals surface area contributed by atoms with Crippen LogP contribution >= 0.6 is 11.6 Å². The molecule has 1 heterocycles. The highest BCUT2D eigenvalue weighted by Crippen LogP contribution is 2.26. The Hall–Kier alpha value is -1.75. The summed E-state index contributed by atoms with van der Waals surface area (Å²) in [7, 11) is 0. The molecule has 2 rings (SSSR count). The number of carbonyl (C=O) groups is 2. The van der Waals surface area contributed by atoms with Crippen molar-refractivity contribution in [3.05, 3.63) is 28.8 Å². The van der Waals surface area contributed by atoms with Crippen LogP contribution in [0.5, 0.6) is 0 Å². The standard InChI is InChI=1S/C16H21ClN2O3/c1-10-7-12(5-6-13(10)17)19-9-11(8-14(19)20)18-15(21)22-16(2,3)4/h5-7,11H,8-9H2,1-4H3,(H,18,21). The number of alkyl carbamates (subject to hydrolysis) is 1. The van der Waals surface area contributed by atoms with Crippen molar-refractivity contribution in [3.63, 3.8) is 0 Å². The summed E-state index contributed by atoms with van der Waals surface area (Å²) in [6.07, 6.45) is -0.236. The molecule has 22 heavy (non-hydrogen) atoms. The topological polar surface area (TPSA) is 58.6 Å². The van der Waals surface area contributed by atoms with E-state index in [-0.39, 0.29) is 18.4 Å². The van der Waals surface area contributed by atoms with Gasteiger partial charge in [0.2, 0.25) is 5.91 Å². The third kappa shape index (κ3) is 4.13. The number of aryl methyl sites for hydroxylation is 1. The predicted octanol–water partition coefficient (Wildman–Crippen LogP) is 3.28. The van der Waals surface area contributed by atoms with Crippen LogP contribution in [0.25, 0.3) is 0 Å². The van der Waals surface area contributed by atoms with Gasteiger partial charge in [-0.05, 0) is 51.5 Å². The summed E-state index contributed by atoms with van der Waals surface area (Å²) in [5.74, 6) is -0.0252. The Morgan fingerprint density at radius 3 is 2.68 bits per heavy atom. The van der Waals surface area contributed by atoms with Crippen LogP contribution in [0.2, 0.25) is 5.02 Å². The number of rotatable bonds is 2. The number of hydrogen-bond donors (Lipinski definition) is 1. The Balaban J connectivity index is 2.01. The molecule has 1 N–H and O–H groups in total. The molecule has 1 unspecified atom stereocenters. The second-order valence-corrected chi connectivity index (χ2v) is 6.89. The van der Waals surface area contributed by atoms with E-state index in [0.29, 0.717) is 11.6 Å². The van der Waals surface area contributed by atoms with Crippen LogP contribution in [0.15, 0.2) is 18.2 Å². The maximum atomic E-state index is 12.1. The summed E-state index contributed by atoms with van der Waals surface area (Å²) >= 11 is 6.01.